The number of carbonyl (C=O) groups is 13. The molecule has 2 aliphatic heterocycles. The normalized spacial score (nSPS) is 12.2. The molecule has 2 heterocycles. The van der Waals surface area contributed by atoms with Crippen LogP contribution >= 0.6 is 0 Å². The van der Waals surface area contributed by atoms with Crippen LogP contribution in [0.5, 0.6) is 11.5 Å². The van der Waals surface area contributed by atoms with Crippen LogP contribution in [-0.2, 0) is 67.1 Å². The van der Waals surface area contributed by atoms with Crippen molar-refractivity contribution >= 4 is 77.4 Å². The molecule has 93 heavy (non-hydrogen) atoms. The van der Waals surface area contributed by atoms with Crippen molar-refractivity contribution in [2.45, 2.75) is 66.5 Å². The Labute approximate surface area is 508 Å². The van der Waals surface area contributed by atoms with Crippen LogP contribution in [0.4, 0.5) is 57.1 Å². The van der Waals surface area contributed by atoms with Crippen molar-refractivity contribution < 1.29 is 159 Å². The summed E-state index contributed by atoms with van der Waals surface area (Å²) < 4.78 is 175. The number of rotatable bonds is 17. The highest BCUT2D eigenvalue weighted by Crippen LogP contribution is 2.32. The SMILES string of the molecule is C/C(=C/C(=O)NCCC(=O)O)C(=O)O.C/C(=C/C(=O)O)C(=O)NCCC(=O)O.CC1=CC(=O)N(CCC(=O)Oc2c(F)c(F)c(F)c(F)c2F)C1=O.CC1=CC(=O)OC1=O.Cc1cc(=O)c(=O)c1=O.NCCC(=O)O.O=C(Oc1c(F)c(F)c(F)c(F)c1F)C(F)(F)F. The number of hydrogen-bond donors (Lipinski definition) is 8. The molecule has 0 bridgehead atoms. The molecule has 9 N–H and O–H groups in total. The quantitative estimate of drug-likeness (QED) is 0.0111. The van der Waals surface area contributed by atoms with Gasteiger partial charge in [-0.15, -0.1) is 0 Å². The standard InChI is InChI=1S/C14H8F5NO4.C8F8O2.2C8H11NO5.C6H4O3.C5H4O3.C3H7NO2/c1-5-4-6(21)20(14(5)23)3-2-7(22)24-13-11(18)9(16)8(15)10(17)12(13)19;9-1-2(10)4(12)6(5(13)3(1)11)18-7(17)8(14,15)16;1-5(8(13)14)4-6(10)9-3-2-7(11)12;1-5(4-7(12)13)8(14)9-3-2-6(10)11;1-3-2-4(7)6(9)5(3)8;1-3-2-4(6)8-5(3)7;4-2-1-3(5)6/h4H,2-3H2,1H3;;4H,2-3H2,1H3,(H,9,10)(H,11,12)(H,13,14);4H,2-3H2,1H3,(H,9,14)(H,10,11)(H,12,13);2H,1H3;2H,1H3;1-2,4H2,(H,5,6)/b;;2*5-4-;;;. The Kier molecular flexibility index (Phi) is 35.1. The molecule has 0 aromatic heterocycles. The highest BCUT2D eigenvalue weighted by atomic mass is 19.4. The van der Waals surface area contributed by atoms with Crippen LogP contribution in [0.15, 0.2) is 67.0 Å². The third kappa shape index (κ3) is 29.3. The number of nitrogens with one attached hydrogen (secondary N) is 2. The van der Waals surface area contributed by atoms with Crippen molar-refractivity contribution in [2.24, 2.45) is 5.73 Å². The van der Waals surface area contributed by atoms with Gasteiger partial charge in [-0.1, -0.05) is 0 Å². The van der Waals surface area contributed by atoms with Gasteiger partial charge in [0.1, 0.15) is 0 Å². The van der Waals surface area contributed by atoms with Gasteiger partial charge in [0.05, 0.1) is 25.7 Å². The van der Waals surface area contributed by atoms with Gasteiger partial charge >= 0.3 is 59.9 Å². The number of nitrogens with two attached hydrogens (primary N) is 1. The summed E-state index contributed by atoms with van der Waals surface area (Å²) in [4.78, 5) is 169. The summed E-state index contributed by atoms with van der Waals surface area (Å²) in [5.74, 6) is -42.0. The van der Waals surface area contributed by atoms with Gasteiger partial charge in [0, 0.05) is 78.3 Å². The first-order chi connectivity index (χ1) is 42.7. The number of esters is 4. The first-order valence-corrected chi connectivity index (χ1v) is 24.2. The molecule has 0 saturated carbocycles. The first-order valence-electron chi connectivity index (χ1n) is 24.2. The largest absolute Gasteiger partial charge is 0.491 e. The Balaban J connectivity index is 0. The fourth-order valence-corrected chi connectivity index (χ4v) is 5.17. The molecule has 41 heteroatoms. The lowest BCUT2D eigenvalue weighted by molar-refractivity contribution is -0.190. The monoisotopic (exact) mass is 1360 g/mol. The predicted molar refractivity (Wildman–Crippen MR) is 277 cm³/mol. The van der Waals surface area contributed by atoms with E-state index in [1.807, 2.05) is 0 Å². The van der Waals surface area contributed by atoms with Crippen molar-refractivity contribution in [1.29, 1.82) is 0 Å². The Hall–Kier alpha value is -11.3. The van der Waals surface area contributed by atoms with Gasteiger partial charge in [-0.25, -0.2) is 50.3 Å². The van der Waals surface area contributed by atoms with Crippen molar-refractivity contribution in [3.63, 3.8) is 0 Å². The van der Waals surface area contributed by atoms with Crippen LogP contribution < -0.4 is 42.1 Å². The van der Waals surface area contributed by atoms with Gasteiger partial charge in [-0.2, -0.15) is 30.7 Å². The molecule has 5 rings (SSSR count). The molecular weight excluding hydrogens is 1310 g/mol. The van der Waals surface area contributed by atoms with Crippen molar-refractivity contribution in [2.75, 3.05) is 26.2 Å². The third-order valence-corrected chi connectivity index (χ3v) is 9.70. The van der Waals surface area contributed by atoms with Gasteiger partial charge in [-0.05, 0) is 40.7 Å². The Morgan fingerprint density at radius 3 is 1.29 bits per heavy atom. The number of hydrogen-bond acceptors (Lipinski definition) is 20. The van der Waals surface area contributed by atoms with Gasteiger partial charge < -0.3 is 56.1 Å². The number of imide groups is 1. The van der Waals surface area contributed by atoms with Crippen LogP contribution in [0.1, 0.15) is 58.9 Å². The fraction of sp³-hybridized carbons (Fsp3) is 0.269. The third-order valence-electron chi connectivity index (χ3n) is 9.70. The second kappa shape index (κ2) is 39.0. The summed E-state index contributed by atoms with van der Waals surface area (Å²) >= 11 is 0. The van der Waals surface area contributed by atoms with E-state index in [0.29, 0.717) is 10.5 Å². The number of halogens is 13. The predicted octanol–water partition coefficient (Wildman–Crippen LogP) is 2.45. The summed E-state index contributed by atoms with van der Waals surface area (Å²) in [6.07, 6.45) is -2.80. The maximum Gasteiger partial charge on any atom is 0.491 e. The number of cyclic esters (lactones) is 2. The van der Waals surface area contributed by atoms with E-state index in [1.54, 1.807) is 0 Å². The van der Waals surface area contributed by atoms with E-state index in [0.717, 1.165) is 24.3 Å². The van der Waals surface area contributed by atoms with Gasteiger partial charge in [-0.3, -0.25) is 57.6 Å². The number of carboxylic acid groups (broad SMARTS) is 5. The summed E-state index contributed by atoms with van der Waals surface area (Å²) in [5, 5.41) is 45.5. The van der Waals surface area contributed by atoms with Crippen molar-refractivity contribution in [3.05, 3.63) is 147 Å². The van der Waals surface area contributed by atoms with Gasteiger partial charge in [0.25, 0.3) is 17.2 Å². The maximum atomic E-state index is 13.4. The van der Waals surface area contributed by atoms with Crippen molar-refractivity contribution in [3.8, 4) is 11.5 Å². The van der Waals surface area contributed by atoms with Crippen LogP contribution in [-0.4, -0.2) is 140 Å². The highest BCUT2D eigenvalue weighted by Gasteiger charge is 2.43. The van der Waals surface area contributed by atoms with Crippen LogP contribution in [0.2, 0.25) is 0 Å². The number of aliphatic carboxylic acids is 5. The molecule has 3 aromatic rings. The molecule has 2 aliphatic rings. The van der Waals surface area contributed by atoms with E-state index in [2.05, 4.69) is 24.8 Å². The van der Waals surface area contributed by atoms with E-state index in [1.165, 1.54) is 40.7 Å². The minimum absolute atomic E-state index is 0.0149. The number of alkyl halides is 3. The molecule has 0 fully saturated rings. The Bertz CT molecular complexity index is 3650. The molecule has 0 unspecified atom stereocenters. The van der Waals surface area contributed by atoms with Crippen LogP contribution in [0, 0.1) is 65.1 Å². The van der Waals surface area contributed by atoms with Crippen molar-refractivity contribution in [1.82, 2.24) is 15.5 Å². The molecule has 28 nitrogen and oxygen atoms in total. The van der Waals surface area contributed by atoms with Crippen LogP contribution in [0.3, 0.4) is 0 Å². The molecule has 0 atom stereocenters. The minimum Gasteiger partial charge on any atom is -0.481 e. The van der Waals surface area contributed by atoms with E-state index < -0.39 is 182 Å². The smallest absolute Gasteiger partial charge is 0.481 e. The summed E-state index contributed by atoms with van der Waals surface area (Å²) in [6.45, 7) is 6.70. The molecule has 0 spiro atoms. The molecule has 0 saturated heterocycles. The van der Waals surface area contributed by atoms with Gasteiger partial charge in [0.15, 0.2) is 0 Å². The van der Waals surface area contributed by atoms with Crippen LogP contribution in [0.25, 0.3) is 0 Å². The highest BCUT2D eigenvalue weighted by molar-refractivity contribution is 6.16. The number of carbonyl (C=O) groups excluding carboxylic acids is 8. The second-order valence-corrected chi connectivity index (χ2v) is 17.0. The van der Waals surface area contributed by atoms with Gasteiger partial charge in [0.2, 0.25) is 92.3 Å². The minimum atomic E-state index is -5.65. The van der Waals surface area contributed by atoms with E-state index in [9.17, 15) is 134 Å². The average molecular weight is 1360 g/mol. The Morgan fingerprint density at radius 1 is 0.570 bits per heavy atom. The number of nitrogens with zero attached hydrogens (tertiary/aromatic N) is 1. The van der Waals surface area contributed by atoms with E-state index >= 15 is 0 Å². The summed E-state index contributed by atoms with van der Waals surface area (Å²) in [7, 11) is 0. The summed E-state index contributed by atoms with van der Waals surface area (Å²) in [5.41, 5.74) is 3.25. The number of ether oxygens (including phenoxy) is 3. The topological polar surface area (TPSA) is 455 Å². The lowest BCUT2D eigenvalue weighted by Gasteiger charge is -2.14. The summed E-state index contributed by atoms with van der Waals surface area (Å²) in [6, 6.07) is 1.06. The molecule has 3 aromatic carbocycles. The zero-order chi connectivity index (χ0) is 72.9. The number of aryl methyl sites for hydroxylation is 1. The van der Waals surface area contributed by atoms with E-state index in [4.69, 9.17) is 31.3 Å². The fourth-order valence-electron chi connectivity index (χ4n) is 5.17. The maximum absolute atomic E-state index is 13.4. The number of amides is 4. The lowest BCUT2D eigenvalue weighted by Crippen LogP contribution is -2.33. The molecule has 0 aliphatic carbocycles. The average Bonchev–Trinajstić information content (AvgIpc) is 1.77. The lowest BCUT2D eigenvalue weighted by atomic mass is 10.2. The molecule has 508 valence electrons. The van der Waals surface area contributed by atoms with E-state index in [-0.39, 0.29) is 61.2 Å². The molecule has 4 amide bonds. The zero-order valence-corrected chi connectivity index (χ0v) is 47.5. The number of carboxylic acids is 5. The number of benzene rings is 2. The second-order valence-electron chi connectivity index (χ2n) is 17.0. The molecule has 0 radical (unpaired) electrons. The zero-order valence-electron chi connectivity index (χ0n) is 47.5. The Morgan fingerprint density at radius 2 is 1.00 bits per heavy atom. The molecular formula is C52H45F13N4O24. The first kappa shape index (κ1) is 83.8.